The molecule has 0 aromatic heterocycles. The third kappa shape index (κ3) is 8.69. The van der Waals surface area contributed by atoms with E-state index in [1.165, 1.54) is 17.7 Å². The summed E-state index contributed by atoms with van der Waals surface area (Å²) in [5.41, 5.74) is 9.18. The van der Waals surface area contributed by atoms with Crippen LogP contribution in [0, 0.1) is 11.3 Å². The molecule has 1 aliphatic rings. The quantitative estimate of drug-likeness (QED) is 0.524. The monoisotopic (exact) mass is 415 g/mol. The van der Waals surface area contributed by atoms with Crippen LogP contribution in [-0.2, 0) is 0 Å². The van der Waals surface area contributed by atoms with Crippen molar-refractivity contribution in [3.8, 4) is 5.75 Å². The van der Waals surface area contributed by atoms with Crippen molar-refractivity contribution < 1.29 is 4.74 Å². The first kappa shape index (κ1) is 24.7. The summed E-state index contributed by atoms with van der Waals surface area (Å²) in [5, 5.41) is 0. The van der Waals surface area contributed by atoms with Crippen LogP contribution in [0.15, 0.2) is 35.9 Å². The van der Waals surface area contributed by atoms with E-state index in [9.17, 15) is 0 Å². The molecule has 2 atom stereocenters. The number of benzene rings is 1. The Bertz CT molecular complexity index is 656. The molecule has 1 aromatic rings. The minimum absolute atomic E-state index is 0.165. The summed E-state index contributed by atoms with van der Waals surface area (Å²) in [6.07, 6.45) is 4.61. The van der Waals surface area contributed by atoms with Crippen LogP contribution >= 0.6 is 0 Å². The summed E-state index contributed by atoms with van der Waals surface area (Å²) in [6, 6.07) is 9.44. The lowest BCUT2D eigenvalue weighted by atomic mass is 9.99. The van der Waals surface area contributed by atoms with Crippen molar-refractivity contribution in [1.29, 1.82) is 0 Å². The Morgan fingerprint density at radius 2 is 1.90 bits per heavy atom. The number of hydrogen-bond donors (Lipinski definition) is 1. The first-order valence-corrected chi connectivity index (χ1v) is 11.6. The lowest BCUT2D eigenvalue weighted by molar-refractivity contribution is 0.198. The van der Waals surface area contributed by atoms with Crippen LogP contribution in [-0.4, -0.2) is 49.8 Å². The topological polar surface area (TPSA) is 41.7 Å². The van der Waals surface area contributed by atoms with E-state index in [-0.39, 0.29) is 11.5 Å². The summed E-state index contributed by atoms with van der Waals surface area (Å²) in [6.45, 7) is 20.3. The Balaban J connectivity index is 2.04. The molecule has 1 saturated heterocycles. The van der Waals surface area contributed by atoms with E-state index in [4.69, 9.17) is 10.5 Å². The van der Waals surface area contributed by atoms with E-state index in [0.717, 1.165) is 45.0 Å². The van der Waals surface area contributed by atoms with Crippen LogP contribution in [0.4, 0.5) is 5.69 Å². The normalized spacial score (nSPS) is 18.5. The summed E-state index contributed by atoms with van der Waals surface area (Å²) < 4.78 is 5.97. The van der Waals surface area contributed by atoms with Crippen LogP contribution in [0.3, 0.4) is 0 Å². The van der Waals surface area contributed by atoms with E-state index in [2.05, 4.69) is 88.6 Å². The molecular formula is C26H45N3O. The van der Waals surface area contributed by atoms with Gasteiger partial charge in [-0.15, -0.1) is 0 Å². The maximum atomic E-state index is 6.38. The highest BCUT2D eigenvalue weighted by atomic mass is 16.5. The number of likely N-dealkylation sites (tertiary alicyclic amines) is 1. The highest BCUT2D eigenvalue weighted by Crippen LogP contribution is 2.27. The van der Waals surface area contributed by atoms with Gasteiger partial charge < -0.3 is 15.4 Å². The smallest absolute Gasteiger partial charge is 0.119 e. The zero-order valence-electron chi connectivity index (χ0n) is 20.4. The zero-order valence-corrected chi connectivity index (χ0v) is 20.4. The molecule has 30 heavy (non-hydrogen) atoms. The minimum Gasteiger partial charge on any atom is -0.493 e. The SMILES string of the molecule is CC(C)=CCN(c1ccc(OCC(C)(C)C)cc1)C1CCN(CC(N)CC(C)C)C1. The third-order valence-corrected chi connectivity index (χ3v) is 5.49. The number of anilines is 1. The second kappa shape index (κ2) is 11.2. The summed E-state index contributed by atoms with van der Waals surface area (Å²) in [5.74, 6) is 1.61. The van der Waals surface area contributed by atoms with Crippen molar-refractivity contribution >= 4 is 5.69 Å². The molecule has 0 radical (unpaired) electrons. The Morgan fingerprint density at radius 1 is 1.23 bits per heavy atom. The van der Waals surface area contributed by atoms with Crippen LogP contribution in [0.5, 0.6) is 5.75 Å². The van der Waals surface area contributed by atoms with Gasteiger partial charge in [0.05, 0.1) is 6.61 Å². The molecule has 0 aliphatic carbocycles. The van der Waals surface area contributed by atoms with E-state index < -0.39 is 0 Å². The zero-order chi connectivity index (χ0) is 22.3. The van der Waals surface area contributed by atoms with Crippen molar-refractivity contribution in [2.24, 2.45) is 17.1 Å². The summed E-state index contributed by atoms with van der Waals surface area (Å²) in [7, 11) is 0. The van der Waals surface area contributed by atoms with Crippen LogP contribution in [0.1, 0.15) is 61.3 Å². The number of ether oxygens (including phenoxy) is 1. The second-order valence-corrected chi connectivity index (χ2v) is 10.9. The fraction of sp³-hybridized carbons (Fsp3) is 0.692. The first-order chi connectivity index (χ1) is 14.0. The molecule has 1 aromatic carbocycles. The highest BCUT2D eigenvalue weighted by molar-refractivity contribution is 5.51. The summed E-state index contributed by atoms with van der Waals surface area (Å²) >= 11 is 0. The molecule has 4 nitrogen and oxygen atoms in total. The second-order valence-electron chi connectivity index (χ2n) is 10.9. The van der Waals surface area contributed by atoms with Gasteiger partial charge in [-0.05, 0) is 62.3 Å². The van der Waals surface area contributed by atoms with Gasteiger partial charge >= 0.3 is 0 Å². The maximum absolute atomic E-state index is 6.38. The van der Waals surface area contributed by atoms with E-state index >= 15 is 0 Å². The van der Waals surface area contributed by atoms with E-state index in [1.54, 1.807) is 0 Å². The van der Waals surface area contributed by atoms with Crippen molar-refractivity contribution in [3.05, 3.63) is 35.9 Å². The van der Waals surface area contributed by atoms with Gasteiger partial charge in [-0.2, -0.15) is 0 Å². The minimum atomic E-state index is 0.165. The molecule has 0 amide bonds. The van der Waals surface area contributed by atoms with Gasteiger partial charge in [0.2, 0.25) is 0 Å². The number of nitrogens with two attached hydrogens (primary N) is 1. The largest absolute Gasteiger partial charge is 0.493 e. The molecule has 1 aliphatic heterocycles. The third-order valence-electron chi connectivity index (χ3n) is 5.49. The van der Waals surface area contributed by atoms with E-state index in [0.29, 0.717) is 12.0 Å². The lowest BCUT2D eigenvalue weighted by Crippen LogP contribution is -2.41. The molecule has 170 valence electrons. The molecule has 0 spiro atoms. The Labute approximate surface area is 185 Å². The number of hydrogen-bond acceptors (Lipinski definition) is 4. The van der Waals surface area contributed by atoms with Gasteiger partial charge in [0.15, 0.2) is 0 Å². The lowest BCUT2D eigenvalue weighted by Gasteiger charge is -2.31. The molecule has 1 fully saturated rings. The molecule has 2 N–H and O–H groups in total. The average Bonchev–Trinajstić information content (AvgIpc) is 3.07. The first-order valence-electron chi connectivity index (χ1n) is 11.6. The highest BCUT2D eigenvalue weighted by Gasteiger charge is 2.28. The number of allylic oxidation sites excluding steroid dienone is 1. The van der Waals surface area contributed by atoms with Gasteiger partial charge in [0, 0.05) is 44.0 Å². The van der Waals surface area contributed by atoms with Gasteiger partial charge in [-0.25, -0.2) is 0 Å². The Morgan fingerprint density at radius 3 is 2.47 bits per heavy atom. The predicted octanol–water partition coefficient (Wildman–Crippen LogP) is 5.33. The molecule has 0 saturated carbocycles. The number of nitrogens with zero attached hydrogens (tertiary/aromatic N) is 2. The van der Waals surface area contributed by atoms with Gasteiger partial charge in [0.1, 0.15) is 5.75 Å². The fourth-order valence-corrected chi connectivity index (χ4v) is 4.02. The summed E-state index contributed by atoms with van der Waals surface area (Å²) in [4.78, 5) is 5.10. The molecular weight excluding hydrogens is 370 g/mol. The van der Waals surface area contributed by atoms with Gasteiger partial charge in [-0.3, -0.25) is 4.90 Å². The Hall–Kier alpha value is -1.52. The Kier molecular flexibility index (Phi) is 9.24. The fourth-order valence-electron chi connectivity index (χ4n) is 4.02. The van der Waals surface area contributed by atoms with Gasteiger partial charge in [-0.1, -0.05) is 46.3 Å². The predicted molar refractivity (Wildman–Crippen MR) is 130 cm³/mol. The maximum Gasteiger partial charge on any atom is 0.119 e. The van der Waals surface area contributed by atoms with Crippen molar-refractivity contribution in [2.45, 2.75) is 73.4 Å². The standard InChI is InChI=1S/C26H45N3O/c1-20(2)12-15-29(23-8-10-25(11-9-23)30-19-26(5,6)7)24-13-14-28(18-24)17-22(27)16-21(3)4/h8-12,21-22,24H,13-19,27H2,1-7H3. The van der Waals surface area contributed by atoms with Crippen molar-refractivity contribution in [1.82, 2.24) is 4.90 Å². The van der Waals surface area contributed by atoms with Crippen LogP contribution < -0.4 is 15.4 Å². The molecule has 2 rings (SSSR count). The van der Waals surface area contributed by atoms with E-state index in [1.807, 2.05) is 0 Å². The van der Waals surface area contributed by atoms with Gasteiger partial charge in [0.25, 0.3) is 0 Å². The molecule has 1 heterocycles. The van der Waals surface area contributed by atoms with Crippen LogP contribution in [0.2, 0.25) is 0 Å². The molecule has 2 unspecified atom stereocenters. The van der Waals surface area contributed by atoms with Crippen molar-refractivity contribution in [3.63, 3.8) is 0 Å². The van der Waals surface area contributed by atoms with Crippen LogP contribution in [0.25, 0.3) is 0 Å². The molecule has 0 bridgehead atoms. The number of rotatable bonds is 10. The van der Waals surface area contributed by atoms with Crippen molar-refractivity contribution in [2.75, 3.05) is 37.7 Å². The molecule has 4 heteroatoms. The average molecular weight is 416 g/mol.